The number of methoxy groups -OCH3 is 1. The highest BCUT2D eigenvalue weighted by Gasteiger charge is 2.25. The van der Waals surface area contributed by atoms with Gasteiger partial charge in [0.15, 0.2) is 6.10 Å². The van der Waals surface area contributed by atoms with Crippen LogP contribution in [0.25, 0.3) is 0 Å². The van der Waals surface area contributed by atoms with Crippen LogP contribution in [0.3, 0.4) is 0 Å². The molecule has 0 aliphatic carbocycles. The normalized spacial score (nSPS) is 15.0. The van der Waals surface area contributed by atoms with E-state index in [1.165, 1.54) is 0 Å². The summed E-state index contributed by atoms with van der Waals surface area (Å²) in [4.78, 5) is 15.0. The molecule has 0 saturated carbocycles. The molecule has 1 saturated heterocycles. The lowest BCUT2D eigenvalue weighted by molar-refractivity contribution is -0.131. The van der Waals surface area contributed by atoms with Crippen LogP contribution in [0.15, 0.2) is 48.5 Å². The lowest BCUT2D eigenvalue weighted by Crippen LogP contribution is -2.38. The Kier molecular flexibility index (Phi) is 6.42. The molecule has 0 spiro atoms. The van der Waals surface area contributed by atoms with Crippen molar-refractivity contribution in [1.29, 1.82) is 5.26 Å². The zero-order valence-corrected chi connectivity index (χ0v) is 15.4. The Morgan fingerprint density at radius 1 is 1.22 bits per heavy atom. The number of para-hydroxylation sites is 1. The number of carbonyl (C=O) groups excluding carboxylic acids is 1. The SMILES string of the molecule is COC(C(=O)NCc1ccc(C#N)cc1)c1ccccc1N1CCOCC1. The number of rotatable bonds is 6. The quantitative estimate of drug-likeness (QED) is 0.851. The summed E-state index contributed by atoms with van der Waals surface area (Å²) < 4.78 is 11.0. The Labute approximate surface area is 159 Å². The van der Waals surface area contributed by atoms with Crippen LogP contribution in [0.2, 0.25) is 0 Å². The molecule has 0 radical (unpaired) electrons. The fourth-order valence-corrected chi connectivity index (χ4v) is 3.16. The molecular weight excluding hydrogens is 342 g/mol. The van der Waals surface area contributed by atoms with Crippen molar-refractivity contribution in [2.75, 3.05) is 38.3 Å². The number of morpholine rings is 1. The van der Waals surface area contributed by atoms with Crippen molar-refractivity contribution in [2.45, 2.75) is 12.6 Å². The van der Waals surface area contributed by atoms with E-state index in [0.717, 1.165) is 29.9 Å². The topological polar surface area (TPSA) is 74.6 Å². The van der Waals surface area contributed by atoms with E-state index >= 15 is 0 Å². The van der Waals surface area contributed by atoms with Crippen molar-refractivity contribution in [2.24, 2.45) is 0 Å². The molecule has 6 heteroatoms. The number of nitrogens with one attached hydrogen (secondary N) is 1. The number of hydrogen-bond donors (Lipinski definition) is 1. The minimum atomic E-state index is -0.692. The zero-order valence-electron chi connectivity index (χ0n) is 15.4. The molecule has 1 aliphatic heterocycles. The lowest BCUT2D eigenvalue weighted by atomic mass is 10.0. The second-order valence-electron chi connectivity index (χ2n) is 6.30. The van der Waals surface area contributed by atoms with Crippen LogP contribution in [0, 0.1) is 11.3 Å². The molecule has 1 heterocycles. The molecule has 3 rings (SSSR count). The average molecular weight is 365 g/mol. The maximum Gasteiger partial charge on any atom is 0.254 e. The van der Waals surface area contributed by atoms with Crippen molar-refractivity contribution in [3.63, 3.8) is 0 Å². The minimum absolute atomic E-state index is 0.192. The van der Waals surface area contributed by atoms with Crippen molar-refractivity contribution in [3.05, 3.63) is 65.2 Å². The smallest absolute Gasteiger partial charge is 0.254 e. The van der Waals surface area contributed by atoms with E-state index in [0.29, 0.717) is 25.3 Å². The molecule has 1 atom stereocenters. The second-order valence-corrected chi connectivity index (χ2v) is 6.30. The van der Waals surface area contributed by atoms with Gasteiger partial charge in [-0.2, -0.15) is 5.26 Å². The molecule has 2 aromatic carbocycles. The number of carbonyl (C=O) groups is 1. The van der Waals surface area contributed by atoms with Gasteiger partial charge in [0.05, 0.1) is 24.8 Å². The first-order valence-electron chi connectivity index (χ1n) is 8.94. The minimum Gasteiger partial charge on any atom is -0.378 e. The lowest BCUT2D eigenvalue weighted by Gasteiger charge is -2.32. The number of nitrogens with zero attached hydrogens (tertiary/aromatic N) is 2. The van der Waals surface area contributed by atoms with E-state index in [-0.39, 0.29) is 5.91 Å². The average Bonchev–Trinajstić information content (AvgIpc) is 2.74. The molecule has 0 bridgehead atoms. The summed E-state index contributed by atoms with van der Waals surface area (Å²) in [5, 5.41) is 11.8. The van der Waals surface area contributed by atoms with Crippen LogP contribution in [-0.4, -0.2) is 39.3 Å². The van der Waals surface area contributed by atoms with E-state index in [4.69, 9.17) is 14.7 Å². The van der Waals surface area contributed by atoms with E-state index in [2.05, 4.69) is 16.3 Å². The maximum atomic E-state index is 12.8. The Morgan fingerprint density at radius 2 is 1.93 bits per heavy atom. The molecule has 1 unspecified atom stereocenters. The molecule has 1 N–H and O–H groups in total. The van der Waals surface area contributed by atoms with Crippen LogP contribution in [-0.2, 0) is 20.8 Å². The van der Waals surface area contributed by atoms with Crippen molar-refractivity contribution in [3.8, 4) is 6.07 Å². The highest BCUT2D eigenvalue weighted by atomic mass is 16.5. The number of anilines is 1. The largest absolute Gasteiger partial charge is 0.378 e. The van der Waals surface area contributed by atoms with Crippen LogP contribution in [0.1, 0.15) is 22.8 Å². The first kappa shape index (κ1) is 18.9. The standard InChI is InChI=1S/C21H23N3O3/c1-26-20(21(25)23-15-17-8-6-16(14-22)7-9-17)18-4-2-3-5-19(18)24-10-12-27-13-11-24/h2-9,20H,10-13,15H2,1H3,(H,23,25). The summed E-state index contributed by atoms with van der Waals surface area (Å²) in [6, 6.07) is 17.1. The third kappa shape index (κ3) is 4.64. The predicted molar refractivity (Wildman–Crippen MR) is 102 cm³/mol. The van der Waals surface area contributed by atoms with Gasteiger partial charge in [-0.25, -0.2) is 0 Å². The van der Waals surface area contributed by atoms with Crippen molar-refractivity contribution in [1.82, 2.24) is 5.32 Å². The third-order valence-electron chi connectivity index (χ3n) is 4.59. The first-order chi connectivity index (χ1) is 13.2. The number of nitriles is 1. The molecule has 140 valence electrons. The molecule has 1 fully saturated rings. The van der Waals surface area contributed by atoms with Gasteiger partial charge in [0.25, 0.3) is 5.91 Å². The molecule has 1 aliphatic rings. The van der Waals surface area contributed by atoms with E-state index in [9.17, 15) is 4.79 Å². The Morgan fingerprint density at radius 3 is 2.59 bits per heavy atom. The molecule has 1 amide bonds. The zero-order chi connectivity index (χ0) is 19.1. The predicted octanol–water partition coefficient (Wildman–Crippen LogP) is 2.40. The van der Waals surface area contributed by atoms with Gasteiger partial charge in [0.1, 0.15) is 0 Å². The molecule has 27 heavy (non-hydrogen) atoms. The van der Waals surface area contributed by atoms with E-state index in [1.807, 2.05) is 36.4 Å². The maximum absolute atomic E-state index is 12.8. The summed E-state index contributed by atoms with van der Waals surface area (Å²) in [5.74, 6) is -0.192. The van der Waals surface area contributed by atoms with E-state index < -0.39 is 6.10 Å². The fourth-order valence-electron chi connectivity index (χ4n) is 3.16. The molecule has 6 nitrogen and oxygen atoms in total. The van der Waals surface area contributed by atoms with Gasteiger partial charge < -0.3 is 19.7 Å². The van der Waals surface area contributed by atoms with E-state index in [1.54, 1.807) is 19.2 Å². The summed E-state index contributed by atoms with van der Waals surface area (Å²) in [5.41, 5.74) is 3.37. The van der Waals surface area contributed by atoms with Gasteiger partial charge in [-0.3, -0.25) is 4.79 Å². The molecular formula is C21H23N3O3. The Balaban J connectivity index is 1.72. The first-order valence-corrected chi connectivity index (χ1v) is 8.94. The van der Waals surface area contributed by atoms with Gasteiger partial charge in [-0.1, -0.05) is 30.3 Å². The third-order valence-corrected chi connectivity index (χ3v) is 4.59. The van der Waals surface area contributed by atoms with Crippen LogP contribution in [0.4, 0.5) is 5.69 Å². The number of hydrogen-bond acceptors (Lipinski definition) is 5. The van der Waals surface area contributed by atoms with Crippen LogP contribution < -0.4 is 10.2 Å². The van der Waals surface area contributed by atoms with Crippen LogP contribution in [0.5, 0.6) is 0 Å². The van der Waals surface area contributed by atoms with Crippen molar-refractivity contribution >= 4 is 11.6 Å². The number of amides is 1. The molecule has 2 aromatic rings. The summed E-state index contributed by atoms with van der Waals surface area (Å²) in [6.45, 7) is 3.32. The van der Waals surface area contributed by atoms with Crippen LogP contribution >= 0.6 is 0 Å². The van der Waals surface area contributed by atoms with Gasteiger partial charge in [-0.05, 0) is 23.8 Å². The summed E-state index contributed by atoms with van der Waals surface area (Å²) in [7, 11) is 1.54. The van der Waals surface area contributed by atoms with Gasteiger partial charge in [0.2, 0.25) is 0 Å². The molecule has 0 aromatic heterocycles. The summed E-state index contributed by atoms with van der Waals surface area (Å²) >= 11 is 0. The summed E-state index contributed by atoms with van der Waals surface area (Å²) in [6.07, 6.45) is -0.692. The van der Waals surface area contributed by atoms with Crippen molar-refractivity contribution < 1.29 is 14.3 Å². The monoisotopic (exact) mass is 365 g/mol. The Hall–Kier alpha value is -2.88. The van der Waals surface area contributed by atoms with Gasteiger partial charge in [0, 0.05) is 38.0 Å². The fraction of sp³-hybridized carbons (Fsp3) is 0.333. The Bertz CT molecular complexity index is 808. The number of benzene rings is 2. The highest BCUT2D eigenvalue weighted by Crippen LogP contribution is 2.29. The number of ether oxygens (including phenoxy) is 2. The highest BCUT2D eigenvalue weighted by molar-refractivity contribution is 5.84. The second kappa shape index (κ2) is 9.17. The van der Waals surface area contributed by atoms with Gasteiger partial charge >= 0.3 is 0 Å². The van der Waals surface area contributed by atoms with Gasteiger partial charge in [-0.15, -0.1) is 0 Å².